The molecule has 5 nitrogen and oxygen atoms in total. The Kier molecular flexibility index (Phi) is 5.76. The lowest BCUT2D eigenvalue weighted by Crippen LogP contribution is -2.55. The molecule has 0 fully saturated rings. The van der Waals surface area contributed by atoms with Crippen molar-refractivity contribution < 1.29 is 14.7 Å². The van der Waals surface area contributed by atoms with E-state index < -0.39 is 11.5 Å². The molecule has 116 valence electrons. The van der Waals surface area contributed by atoms with Gasteiger partial charge in [0.05, 0.1) is 0 Å². The number of nitrogens with zero attached hydrogens (tertiary/aromatic N) is 1. The van der Waals surface area contributed by atoms with Crippen molar-refractivity contribution >= 4 is 12.0 Å². The first-order valence-electron chi connectivity index (χ1n) is 7.10. The maximum absolute atomic E-state index is 12.2. The lowest BCUT2D eigenvalue weighted by Gasteiger charge is -2.29. The molecule has 0 heterocycles. The van der Waals surface area contributed by atoms with Gasteiger partial charge in [0, 0.05) is 13.6 Å². The van der Waals surface area contributed by atoms with E-state index in [1.165, 1.54) is 11.8 Å². The van der Waals surface area contributed by atoms with Gasteiger partial charge in [0.2, 0.25) is 0 Å². The summed E-state index contributed by atoms with van der Waals surface area (Å²) in [6.45, 7) is 5.86. The monoisotopic (exact) mass is 292 g/mol. The van der Waals surface area contributed by atoms with E-state index in [0.717, 1.165) is 11.1 Å². The average Bonchev–Trinajstić information content (AvgIpc) is 2.38. The van der Waals surface area contributed by atoms with Gasteiger partial charge in [-0.2, -0.15) is 0 Å². The molecular weight excluding hydrogens is 268 g/mol. The second-order valence-electron chi connectivity index (χ2n) is 5.66. The molecule has 0 aromatic heterocycles. The molecule has 0 radical (unpaired) electrons. The number of carboxylic acid groups (broad SMARTS) is 1. The maximum Gasteiger partial charge on any atom is 0.329 e. The van der Waals surface area contributed by atoms with Crippen LogP contribution in [0.15, 0.2) is 24.3 Å². The molecule has 0 bridgehead atoms. The van der Waals surface area contributed by atoms with Crippen molar-refractivity contribution in [1.82, 2.24) is 10.2 Å². The number of hydrogen-bond donors (Lipinski definition) is 2. The Balaban J connectivity index is 2.72. The summed E-state index contributed by atoms with van der Waals surface area (Å²) in [4.78, 5) is 25.0. The minimum Gasteiger partial charge on any atom is -0.480 e. The molecule has 2 N–H and O–H groups in total. The largest absolute Gasteiger partial charge is 0.480 e. The van der Waals surface area contributed by atoms with Gasteiger partial charge in [0.15, 0.2) is 0 Å². The van der Waals surface area contributed by atoms with E-state index in [1.807, 2.05) is 38.1 Å². The first kappa shape index (κ1) is 17.0. The van der Waals surface area contributed by atoms with Crippen molar-refractivity contribution in [3.05, 3.63) is 35.4 Å². The maximum atomic E-state index is 12.2. The van der Waals surface area contributed by atoms with Crippen molar-refractivity contribution in [1.29, 1.82) is 0 Å². The summed E-state index contributed by atoms with van der Waals surface area (Å²) >= 11 is 0. The summed E-state index contributed by atoms with van der Waals surface area (Å²) in [7, 11) is 1.66. The third kappa shape index (κ3) is 4.77. The highest BCUT2D eigenvalue weighted by molar-refractivity contribution is 5.85. The first-order valence-corrected chi connectivity index (χ1v) is 7.10. The quantitative estimate of drug-likeness (QED) is 0.847. The molecule has 1 aromatic rings. The summed E-state index contributed by atoms with van der Waals surface area (Å²) in [6.07, 6.45) is 1.08. The van der Waals surface area contributed by atoms with Crippen LogP contribution in [0, 0.1) is 6.92 Å². The topological polar surface area (TPSA) is 69.6 Å². The number of benzene rings is 1. The average molecular weight is 292 g/mol. The fourth-order valence-corrected chi connectivity index (χ4v) is 2.21. The Morgan fingerprint density at radius 2 is 2.05 bits per heavy atom. The summed E-state index contributed by atoms with van der Waals surface area (Å²) in [5, 5.41) is 11.9. The van der Waals surface area contributed by atoms with Crippen LogP contribution in [0.4, 0.5) is 4.79 Å². The lowest BCUT2D eigenvalue weighted by atomic mass is 9.96. The van der Waals surface area contributed by atoms with E-state index in [4.69, 9.17) is 0 Å². The van der Waals surface area contributed by atoms with Gasteiger partial charge in [-0.1, -0.05) is 43.2 Å². The number of rotatable bonds is 6. The summed E-state index contributed by atoms with van der Waals surface area (Å²) in [5.41, 5.74) is 0.912. The van der Waals surface area contributed by atoms with Crippen LogP contribution < -0.4 is 5.32 Å². The molecule has 0 aliphatic rings. The molecule has 0 aliphatic carbocycles. The Hall–Kier alpha value is -2.04. The minimum atomic E-state index is -1.23. The number of amides is 2. The molecule has 0 aliphatic heterocycles. The van der Waals surface area contributed by atoms with Crippen molar-refractivity contribution in [2.24, 2.45) is 0 Å². The van der Waals surface area contributed by atoms with Crippen LogP contribution in [-0.2, 0) is 11.3 Å². The van der Waals surface area contributed by atoms with Gasteiger partial charge in [0.25, 0.3) is 0 Å². The van der Waals surface area contributed by atoms with Gasteiger partial charge in [-0.3, -0.25) is 0 Å². The number of aliphatic carboxylic acids is 1. The van der Waals surface area contributed by atoms with Crippen LogP contribution in [0.3, 0.4) is 0 Å². The molecular formula is C16H24N2O3. The third-order valence-electron chi connectivity index (χ3n) is 3.45. The highest BCUT2D eigenvalue weighted by atomic mass is 16.4. The number of urea groups is 1. The van der Waals surface area contributed by atoms with E-state index in [1.54, 1.807) is 7.05 Å². The van der Waals surface area contributed by atoms with E-state index in [9.17, 15) is 14.7 Å². The van der Waals surface area contributed by atoms with Crippen LogP contribution in [0.1, 0.15) is 37.8 Å². The Bertz CT molecular complexity index is 516. The van der Waals surface area contributed by atoms with Crippen molar-refractivity contribution in [3.63, 3.8) is 0 Å². The number of nitrogens with one attached hydrogen (secondary N) is 1. The van der Waals surface area contributed by atoms with Crippen molar-refractivity contribution in [3.8, 4) is 0 Å². The number of carbonyl (C=O) groups is 2. The second-order valence-corrected chi connectivity index (χ2v) is 5.66. The van der Waals surface area contributed by atoms with E-state index in [2.05, 4.69) is 5.32 Å². The Morgan fingerprint density at radius 1 is 1.38 bits per heavy atom. The van der Waals surface area contributed by atoms with Crippen LogP contribution in [-0.4, -0.2) is 34.6 Å². The highest BCUT2D eigenvalue weighted by Crippen LogP contribution is 2.14. The predicted molar refractivity (Wildman–Crippen MR) is 82.1 cm³/mol. The molecule has 0 saturated carbocycles. The third-order valence-corrected chi connectivity index (χ3v) is 3.45. The number of carboxylic acids is 1. The fourth-order valence-electron chi connectivity index (χ4n) is 2.21. The SMILES string of the molecule is CCCC(C)(NC(=O)N(C)Cc1cccc(C)c1)C(=O)O. The molecule has 0 spiro atoms. The zero-order valence-electron chi connectivity index (χ0n) is 13.1. The van der Waals surface area contributed by atoms with E-state index in [-0.39, 0.29) is 6.03 Å². The van der Waals surface area contributed by atoms with Gasteiger partial charge < -0.3 is 15.3 Å². The van der Waals surface area contributed by atoms with Crippen LogP contribution >= 0.6 is 0 Å². The first-order chi connectivity index (χ1) is 9.78. The smallest absolute Gasteiger partial charge is 0.329 e. The van der Waals surface area contributed by atoms with Crippen LogP contribution in [0.25, 0.3) is 0 Å². The van der Waals surface area contributed by atoms with Crippen molar-refractivity contribution in [2.45, 2.75) is 45.7 Å². The molecule has 2 amide bonds. The number of hydrogen-bond acceptors (Lipinski definition) is 2. The zero-order chi connectivity index (χ0) is 16.0. The van der Waals surface area contributed by atoms with Crippen molar-refractivity contribution in [2.75, 3.05) is 7.05 Å². The van der Waals surface area contributed by atoms with Gasteiger partial charge in [-0.05, 0) is 25.8 Å². The standard InChI is InChI=1S/C16H24N2O3/c1-5-9-16(3,14(19)20)17-15(21)18(4)11-13-8-6-7-12(2)10-13/h6-8,10H,5,9,11H2,1-4H3,(H,17,21)(H,19,20). The molecule has 21 heavy (non-hydrogen) atoms. The van der Waals surface area contributed by atoms with E-state index in [0.29, 0.717) is 19.4 Å². The Morgan fingerprint density at radius 3 is 2.57 bits per heavy atom. The molecule has 1 atom stereocenters. The summed E-state index contributed by atoms with van der Waals surface area (Å²) < 4.78 is 0. The zero-order valence-corrected chi connectivity index (χ0v) is 13.1. The number of carbonyl (C=O) groups excluding carboxylic acids is 1. The van der Waals surface area contributed by atoms with Gasteiger partial charge in [-0.15, -0.1) is 0 Å². The van der Waals surface area contributed by atoms with Gasteiger partial charge in [-0.25, -0.2) is 9.59 Å². The molecule has 1 rings (SSSR count). The van der Waals surface area contributed by atoms with Crippen LogP contribution in [0.2, 0.25) is 0 Å². The minimum absolute atomic E-state index is 0.380. The van der Waals surface area contributed by atoms with Gasteiger partial charge in [0.1, 0.15) is 5.54 Å². The predicted octanol–water partition coefficient (Wildman–Crippen LogP) is 2.78. The highest BCUT2D eigenvalue weighted by Gasteiger charge is 2.34. The summed E-state index contributed by atoms with van der Waals surface area (Å²) in [6, 6.07) is 7.50. The van der Waals surface area contributed by atoms with Crippen LogP contribution in [0.5, 0.6) is 0 Å². The molecule has 0 saturated heterocycles. The molecule has 5 heteroatoms. The Labute approximate surface area is 126 Å². The molecule has 1 aromatic carbocycles. The normalized spacial score (nSPS) is 13.3. The second kappa shape index (κ2) is 7.11. The molecule has 1 unspecified atom stereocenters. The van der Waals surface area contributed by atoms with Gasteiger partial charge >= 0.3 is 12.0 Å². The number of aryl methyl sites for hydroxylation is 1. The summed E-state index contributed by atoms with van der Waals surface area (Å²) in [5.74, 6) is -1.01. The fraction of sp³-hybridized carbons (Fsp3) is 0.500. The van der Waals surface area contributed by atoms with E-state index >= 15 is 0 Å². The lowest BCUT2D eigenvalue weighted by molar-refractivity contribution is -0.144.